The summed E-state index contributed by atoms with van der Waals surface area (Å²) in [6.45, 7) is 1.42. The SMILES string of the molecule is CSCCN(C)c1cc(CN)c(Cl)cn1. The zero-order valence-electron chi connectivity index (χ0n) is 9.03. The van der Waals surface area contributed by atoms with E-state index in [1.165, 1.54) is 0 Å². The van der Waals surface area contributed by atoms with Gasteiger partial charge in [0.1, 0.15) is 5.82 Å². The first-order chi connectivity index (χ1) is 7.19. The highest BCUT2D eigenvalue weighted by atomic mass is 35.5. The van der Waals surface area contributed by atoms with Crippen LogP contribution in [0, 0.1) is 0 Å². The molecule has 0 atom stereocenters. The minimum absolute atomic E-state index is 0.449. The molecule has 1 rings (SSSR count). The number of thioether (sulfide) groups is 1. The number of nitrogens with two attached hydrogens (primary N) is 1. The van der Waals surface area contributed by atoms with Crippen LogP contribution in [0.4, 0.5) is 5.82 Å². The van der Waals surface area contributed by atoms with E-state index in [0.717, 1.165) is 23.7 Å². The number of anilines is 1. The van der Waals surface area contributed by atoms with Gasteiger partial charge in [0.2, 0.25) is 0 Å². The minimum atomic E-state index is 0.449. The van der Waals surface area contributed by atoms with Crippen molar-refractivity contribution in [1.82, 2.24) is 4.98 Å². The van der Waals surface area contributed by atoms with Crippen molar-refractivity contribution in [2.75, 3.05) is 30.5 Å². The van der Waals surface area contributed by atoms with E-state index < -0.39 is 0 Å². The predicted molar refractivity (Wildman–Crippen MR) is 68.8 cm³/mol. The monoisotopic (exact) mass is 245 g/mol. The van der Waals surface area contributed by atoms with Crippen LogP contribution in [0.25, 0.3) is 0 Å². The Morgan fingerprint density at radius 3 is 2.93 bits per heavy atom. The van der Waals surface area contributed by atoms with Crippen LogP contribution in [0.2, 0.25) is 5.02 Å². The number of hydrogen-bond donors (Lipinski definition) is 1. The molecule has 0 unspecified atom stereocenters. The first kappa shape index (κ1) is 12.6. The molecule has 0 saturated heterocycles. The summed E-state index contributed by atoms with van der Waals surface area (Å²) in [6.07, 6.45) is 3.75. The summed E-state index contributed by atoms with van der Waals surface area (Å²) in [7, 11) is 2.02. The van der Waals surface area contributed by atoms with Crippen molar-refractivity contribution in [3.63, 3.8) is 0 Å². The molecule has 1 heterocycles. The molecule has 15 heavy (non-hydrogen) atoms. The molecule has 5 heteroatoms. The van der Waals surface area contributed by atoms with Gasteiger partial charge in [-0.25, -0.2) is 4.98 Å². The third-order valence-electron chi connectivity index (χ3n) is 2.16. The van der Waals surface area contributed by atoms with Crippen LogP contribution >= 0.6 is 23.4 Å². The first-order valence-corrected chi connectivity index (χ1v) is 6.50. The molecule has 2 N–H and O–H groups in total. The van der Waals surface area contributed by atoms with E-state index in [1.807, 2.05) is 24.9 Å². The van der Waals surface area contributed by atoms with Crippen molar-refractivity contribution >= 4 is 29.2 Å². The quantitative estimate of drug-likeness (QED) is 0.862. The molecule has 0 spiro atoms. The van der Waals surface area contributed by atoms with Crippen LogP contribution in [0.3, 0.4) is 0 Å². The Labute approximate surface area is 100 Å². The summed E-state index contributed by atoms with van der Waals surface area (Å²) in [5.41, 5.74) is 6.53. The number of hydrogen-bond acceptors (Lipinski definition) is 4. The van der Waals surface area contributed by atoms with Crippen LogP contribution in [-0.2, 0) is 6.54 Å². The van der Waals surface area contributed by atoms with Gasteiger partial charge >= 0.3 is 0 Å². The maximum absolute atomic E-state index is 5.94. The zero-order chi connectivity index (χ0) is 11.3. The number of halogens is 1. The zero-order valence-corrected chi connectivity index (χ0v) is 10.6. The lowest BCUT2D eigenvalue weighted by molar-refractivity contribution is 0.937. The maximum Gasteiger partial charge on any atom is 0.128 e. The number of rotatable bonds is 5. The standard InChI is InChI=1S/C10H16ClN3S/c1-14(3-4-15-2)10-5-8(6-12)9(11)7-13-10/h5,7H,3-4,6,12H2,1-2H3. The molecule has 0 fully saturated rings. The smallest absolute Gasteiger partial charge is 0.128 e. The average Bonchev–Trinajstić information content (AvgIpc) is 2.26. The van der Waals surface area contributed by atoms with Gasteiger partial charge in [-0.05, 0) is 17.9 Å². The van der Waals surface area contributed by atoms with Gasteiger partial charge in [-0.2, -0.15) is 11.8 Å². The fraction of sp³-hybridized carbons (Fsp3) is 0.500. The third-order valence-corrected chi connectivity index (χ3v) is 3.09. The van der Waals surface area contributed by atoms with E-state index in [9.17, 15) is 0 Å². The van der Waals surface area contributed by atoms with Gasteiger partial charge in [-0.15, -0.1) is 0 Å². The highest BCUT2D eigenvalue weighted by Crippen LogP contribution is 2.19. The highest BCUT2D eigenvalue weighted by Gasteiger charge is 2.05. The highest BCUT2D eigenvalue weighted by molar-refractivity contribution is 7.98. The lowest BCUT2D eigenvalue weighted by Gasteiger charge is -2.18. The molecule has 1 aromatic rings. The molecule has 0 aliphatic rings. The molecular formula is C10H16ClN3S. The molecule has 0 aromatic carbocycles. The van der Waals surface area contributed by atoms with Crippen molar-refractivity contribution in [2.24, 2.45) is 5.73 Å². The second kappa shape index (κ2) is 6.20. The van der Waals surface area contributed by atoms with Crippen molar-refractivity contribution in [1.29, 1.82) is 0 Å². The van der Waals surface area contributed by atoms with Crippen molar-refractivity contribution in [3.8, 4) is 0 Å². The van der Waals surface area contributed by atoms with Gasteiger partial charge in [0.05, 0.1) is 5.02 Å². The number of aromatic nitrogens is 1. The lowest BCUT2D eigenvalue weighted by Crippen LogP contribution is -2.21. The summed E-state index contributed by atoms with van der Waals surface area (Å²) in [6, 6.07) is 1.95. The second-order valence-corrected chi connectivity index (χ2v) is 4.65. The largest absolute Gasteiger partial charge is 0.359 e. The molecule has 0 aliphatic heterocycles. The molecule has 0 amide bonds. The van der Waals surface area contributed by atoms with E-state index >= 15 is 0 Å². The van der Waals surface area contributed by atoms with Gasteiger partial charge in [-0.1, -0.05) is 11.6 Å². The van der Waals surface area contributed by atoms with Gasteiger partial charge in [0, 0.05) is 32.1 Å². The molecule has 0 radical (unpaired) electrons. The Morgan fingerprint density at radius 2 is 2.33 bits per heavy atom. The fourth-order valence-electron chi connectivity index (χ4n) is 1.18. The molecule has 0 aliphatic carbocycles. The topological polar surface area (TPSA) is 42.1 Å². The van der Waals surface area contributed by atoms with E-state index in [1.54, 1.807) is 6.20 Å². The Bertz CT molecular complexity index is 320. The van der Waals surface area contributed by atoms with Crippen LogP contribution in [0.5, 0.6) is 0 Å². The van der Waals surface area contributed by atoms with E-state index in [2.05, 4.69) is 16.1 Å². The Hall–Kier alpha value is -0.450. The summed E-state index contributed by atoms with van der Waals surface area (Å²) in [5.74, 6) is 2.01. The molecule has 84 valence electrons. The Kier molecular flexibility index (Phi) is 5.22. The van der Waals surface area contributed by atoms with Crippen molar-refractivity contribution in [3.05, 3.63) is 22.8 Å². The minimum Gasteiger partial charge on any atom is -0.359 e. The Balaban J connectivity index is 2.76. The molecule has 1 aromatic heterocycles. The predicted octanol–water partition coefficient (Wildman–Crippen LogP) is 1.99. The van der Waals surface area contributed by atoms with E-state index in [4.69, 9.17) is 17.3 Å². The molecule has 0 bridgehead atoms. The Morgan fingerprint density at radius 1 is 1.60 bits per heavy atom. The van der Waals surface area contributed by atoms with Gasteiger partial charge in [0.15, 0.2) is 0 Å². The van der Waals surface area contributed by atoms with Gasteiger partial charge < -0.3 is 10.6 Å². The van der Waals surface area contributed by atoms with E-state index in [-0.39, 0.29) is 0 Å². The third kappa shape index (κ3) is 3.55. The van der Waals surface area contributed by atoms with Gasteiger partial charge in [-0.3, -0.25) is 0 Å². The van der Waals surface area contributed by atoms with Crippen LogP contribution in [-0.4, -0.2) is 30.6 Å². The average molecular weight is 246 g/mol. The number of pyridine rings is 1. The van der Waals surface area contributed by atoms with Crippen LogP contribution < -0.4 is 10.6 Å². The first-order valence-electron chi connectivity index (χ1n) is 4.73. The lowest BCUT2D eigenvalue weighted by atomic mass is 10.2. The summed E-state index contributed by atoms with van der Waals surface area (Å²) >= 11 is 7.76. The molecule has 0 saturated carbocycles. The maximum atomic E-state index is 5.94. The fourth-order valence-corrected chi connectivity index (χ4v) is 1.81. The normalized spacial score (nSPS) is 10.4. The summed E-state index contributed by atoms with van der Waals surface area (Å²) in [4.78, 5) is 6.37. The van der Waals surface area contributed by atoms with Crippen molar-refractivity contribution < 1.29 is 0 Å². The second-order valence-electron chi connectivity index (χ2n) is 3.25. The molecular weight excluding hydrogens is 230 g/mol. The molecule has 3 nitrogen and oxygen atoms in total. The van der Waals surface area contributed by atoms with Gasteiger partial charge in [0.25, 0.3) is 0 Å². The van der Waals surface area contributed by atoms with Crippen molar-refractivity contribution in [2.45, 2.75) is 6.54 Å². The summed E-state index contributed by atoms with van der Waals surface area (Å²) < 4.78 is 0. The summed E-state index contributed by atoms with van der Waals surface area (Å²) in [5, 5.41) is 0.638. The number of nitrogens with zero attached hydrogens (tertiary/aromatic N) is 2. The van der Waals surface area contributed by atoms with Crippen LogP contribution in [0.1, 0.15) is 5.56 Å². The van der Waals surface area contributed by atoms with E-state index in [0.29, 0.717) is 11.6 Å². The van der Waals surface area contributed by atoms with Crippen LogP contribution in [0.15, 0.2) is 12.3 Å².